The summed E-state index contributed by atoms with van der Waals surface area (Å²) in [4.78, 5) is 91.2. The largest absolute Gasteiger partial charge is 0.469 e. The van der Waals surface area contributed by atoms with E-state index in [4.69, 9.17) is 28.4 Å². The standard InChI is InChI=1S/C35H50N2O6.C34H47N3O6/c1-25(2)21-31(33(39)42-23-28-18-12-9-13-19-28)36-24-37(34(40)43-35(4,5)6)30(22-27-16-10-8-11-17-27)29(36)20-14-15-26(3)32(38)41-7;1-24(2)20-30(32(39)42-22-27-16-12-9-13-17-27)36-23-37(33(40)43-34(4,5)6)29(21-26-14-10-8-11-15-26)28(36)18-19-35-25(3)31(38)41-7/h8-13,16-19,25-26,29-31H,14-15,20-24H2,1-7H3;8-17,19,24-25,28-30H,18,20-23H2,1-7H3/t26-,29-,30-,31+;25-,28+,29+,30-/m10/s1. The Hall–Kier alpha value is -7.11. The van der Waals surface area contributed by atoms with E-state index in [9.17, 15) is 28.8 Å². The van der Waals surface area contributed by atoms with Crippen LogP contribution in [0.3, 0.4) is 0 Å². The summed E-state index contributed by atoms with van der Waals surface area (Å²) in [5.41, 5.74) is 2.62. The monoisotopic (exact) mass is 1190 g/mol. The fourth-order valence-electron chi connectivity index (χ4n) is 11.0. The van der Waals surface area contributed by atoms with Crippen LogP contribution in [0.1, 0.15) is 144 Å². The summed E-state index contributed by atoms with van der Waals surface area (Å²) >= 11 is 0. The number of rotatable bonds is 25. The third kappa shape index (κ3) is 22.3. The first-order valence-electron chi connectivity index (χ1n) is 30.5. The van der Waals surface area contributed by atoms with Crippen molar-refractivity contribution in [2.75, 3.05) is 27.6 Å². The molecule has 0 radical (unpaired) electrons. The third-order valence-electron chi connectivity index (χ3n) is 15.1. The van der Waals surface area contributed by atoms with E-state index in [1.54, 1.807) is 22.9 Å². The summed E-state index contributed by atoms with van der Waals surface area (Å²) in [5, 5.41) is 0. The first-order valence-corrected chi connectivity index (χ1v) is 30.5. The van der Waals surface area contributed by atoms with E-state index in [0.29, 0.717) is 44.9 Å². The van der Waals surface area contributed by atoms with Gasteiger partial charge in [0.1, 0.15) is 42.5 Å². The number of carbonyl (C=O) groups is 6. The van der Waals surface area contributed by atoms with Crippen molar-refractivity contribution in [3.63, 3.8) is 0 Å². The van der Waals surface area contributed by atoms with Crippen LogP contribution in [0.4, 0.5) is 9.59 Å². The SMILES string of the molecule is COC(=O)[C@H](C)CCC[C@@H]1[C@@H](Cc2ccccc2)N(C(=O)OC(C)(C)C)CN1[C@@H](CC(C)C)C(=O)OCc1ccccc1.COC(=O)[C@H](C)N=CC[C@@H]1[C@@H](Cc2ccccc2)N(C(=O)OC(C)(C)C)CN1[C@@H](CC(C)C)C(=O)OCc1ccccc1. The fraction of sp³-hybridized carbons (Fsp3) is 0.551. The molecule has 6 rings (SSSR count). The van der Waals surface area contributed by atoms with Crippen LogP contribution in [0.5, 0.6) is 0 Å². The normalized spacial score (nSPS) is 18.8. The Balaban J connectivity index is 0.000000314. The minimum Gasteiger partial charge on any atom is -0.469 e. The number of carbonyl (C=O) groups excluding carboxylic acids is 6. The van der Waals surface area contributed by atoms with Crippen molar-refractivity contribution in [2.45, 2.75) is 201 Å². The molecule has 0 aromatic heterocycles. The van der Waals surface area contributed by atoms with E-state index in [1.807, 2.05) is 158 Å². The number of esters is 4. The molecule has 0 N–H and O–H groups in total. The summed E-state index contributed by atoms with van der Waals surface area (Å²) in [5.74, 6) is -1.14. The van der Waals surface area contributed by atoms with E-state index in [2.05, 4.69) is 54.6 Å². The van der Waals surface area contributed by atoms with Crippen LogP contribution in [0.2, 0.25) is 0 Å². The Morgan fingerprint density at radius 3 is 1.26 bits per heavy atom. The molecule has 0 aliphatic carbocycles. The number of benzene rings is 4. The highest BCUT2D eigenvalue weighted by molar-refractivity contribution is 5.79. The molecule has 2 amide bonds. The van der Waals surface area contributed by atoms with Crippen LogP contribution in [0.25, 0.3) is 0 Å². The molecule has 17 nitrogen and oxygen atoms in total. The lowest BCUT2D eigenvalue weighted by Gasteiger charge is -2.33. The van der Waals surface area contributed by atoms with Gasteiger partial charge in [0.2, 0.25) is 0 Å². The number of hydrogen-bond acceptors (Lipinski definition) is 15. The molecule has 2 saturated heterocycles. The minimum atomic E-state index is -0.694. The highest BCUT2D eigenvalue weighted by Gasteiger charge is 2.50. The van der Waals surface area contributed by atoms with Crippen LogP contribution in [-0.4, -0.2) is 143 Å². The molecule has 4 aromatic carbocycles. The number of amides is 2. The van der Waals surface area contributed by atoms with Crippen molar-refractivity contribution in [2.24, 2.45) is 22.7 Å². The second-order valence-electron chi connectivity index (χ2n) is 25.5. The zero-order valence-electron chi connectivity index (χ0n) is 53.5. The van der Waals surface area contributed by atoms with Crippen LogP contribution in [0.15, 0.2) is 126 Å². The van der Waals surface area contributed by atoms with Gasteiger partial charge in [-0.05, 0) is 128 Å². The lowest BCUT2D eigenvalue weighted by molar-refractivity contribution is -0.153. The number of nitrogens with zero attached hydrogens (tertiary/aromatic N) is 5. The van der Waals surface area contributed by atoms with Gasteiger partial charge in [0, 0.05) is 18.3 Å². The Bertz CT molecular complexity index is 2750. The number of ether oxygens (including phenoxy) is 6. The molecule has 17 heteroatoms. The van der Waals surface area contributed by atoms with E-state index in [-0.39, 0.29) is 86.4 Å². The molecule has 0 unspecified atom stereocenters. The molecule has 2 heterocycles. The maximum atomic E-state index is 13.8. The molecule has 86 heavy (non-hydrogen) atoms. The lowest BCUT2D eigenvalue weighted by Crippen LogP contribution is -2.48. The average Bonchev–Trinajstić information content (AvgIpc) is 2.12. The Morgan fingerprint density at radius 2 is 0.884 bits per heavy atom. The van der Waals surface area contributed by atoms with Crippen molar-refractivity contribution < 1.29 is 57.2 Å². The van der Waals surface area contributed by atoms with Crippen LogP contribution in [0, 0.1) is 17.8 Å². The molecule has 0 spiro atoms. The first kappa shape index (κ1) is 69.7. The number of aliphatic imine (C=N–C) groups is 1. The molecule has 2 fully saturated rings. The molecule has 0 saturated carbocycles. The third-order valence-corrected chi connectivity index (χ3v) is 15.1. The Labute approximate surface area is 512 Å². The van der Waals surface area contributed by atoms with Crippen LogP contribution >= 0.6 is 0 Å². The average molecular weight is 1190 g/mol. The number of methoxy groups -OCH3 is 2. The maximum Gasteiger partial charge on any atom is 0.411 e. The van der Waals surface area contributed by atoms with Gasteiger partial charge in [0.15, 0.2) is 0 Å². The van der Waals surface area contributed by atoms with Crippen molar-refractivity contribution in [3.8, 4) is 0 Å². The molecular formula is C69H97N5O12. The minimum absolute atomic E-state index is 0.148. The Kier molecular flexibility index (Phi) is 27.3. The zero-order chi connectivity index (χ0) is 63.1. The molecule has 2 aliphatic rings. The summed E-state index contributed by atoms with van der Waals surface area (Å²) in [6.45, 7) is 23.7. The zero-order valence-corrected chi connectivity index (χ0v) is 53.5. The highest BCUT2D eigenvalue weighted by atomic mass is 16.6. The predicted molar refractivity (Wildman–Crippen MR) is 334 cm³/mol. The van der Waals surface area contributed by atoms with E-state index in [0.717, 1.165) is 28.7 Å². The number of hydrogen-bond donors (Lipinski definition) is 0. The van der Waals surface area contributed by atoms with E-state index >= 15 is 0 Å². The van der Waals surface area contributed by atoms with Gasteiger partial charge in [0.25, 0.3) is 0 Å². The molecule has 4 aromatic rings. The molecule has 470 valence electrons. The molecule has 2 aliphatic heterocycles. The van der Waals surface area contributed by atoms with Crippen LogP contribution < -0.4 is 0 Å². The molecule has 0 bridgehead atoms. The van der Waals surface area contributed by atoms with Gasteiger partial charge in [-0.25, -0.2) is 14.4 Å². The van der Waals surface area contributed by atoms with Gasteiger partial charge in [-0.2, -0.15) is 0 Å². The lowest BCUT2D eigenvalue weighted by atomic mass is 9.92. The summed E-state index contributed by atoms with van der Waals surface area (Å²) in [6.07, 6.45) is 5.63. The smallest absolute Gasteiger partial charge is 0.411 e. The van der Waals surface area contributed by atoms with Crippen molar-refractivity contribution >= 4 is 42.3 Å². The second-order valence-corrected chi connectivity index (χ2v) is 25.5. The van der Waals surface area contributed by atoms with E-state index < -0.39 is 47.5 Å². The van der Waals surface area contributed by atoms with Gasteiger partial charge in [-0.15, -0.1) is 0 Å². The van der Waals surface area contributed by atoms with Crippen LogP contribution in [-0.2, 0) is 73.7 Å². The van der Waals surface area contributed by atoms with Gasteiger partial charge in [0.05, 0.1) is 45.6 Å². The molecular weight excluding hydrogens is 1090 g/mol. The van der Waals surface area contributed by atoms with Crippen molar-refractivity contribution in [1.82, 2.24) is 19.6 Å². The topological polar surface area (TPSA) is 183 Å². The highest BCUT2D eigenvalue weighted by Crippen LogP contribution is 2.35. The van der Waals surface area contributed by atoms with Gasteiger partial charge in [-0.1, -0.05) is 162 Å². The maximum absolute atomic E-state index is 13.8. The van der Waals surface area contributed by atoms with E-state index in [1.165, 1.54) is 14.2 Å². The van der Waals surface area contributed by atoms with Gasteiger partial charge >= 0.3 is 36.1 Å². The summed E-state index contributed by atoms with van der Waals surface area (Å²) in [6, 6.07) is 36.4. The van der Waals surface area contributed by atoms with Crippen molar-refractivity contribution in [3.05, 3.63) is 144 Å². The Morgan fingerprint density at radius 1 is 0.512 bits per heavy atom. The van der Waals surface area contributed by atoms with Crippen molar-refractivity contribution in [1.29, 1.82) is 0 Å². The van der Waals surface area contributed by atoms with Gasteiger partial charge in [-0.3, -0.25) is 39.0 Å². The summed E-state index contributed by atoms with van der Waals surface area (Å²) < 4.78 is 33.3. The first-order chi connectivity index (χ1) is 40.8. The van der Waals surface area contributed by atoms with Gasteiger partial charge < -0.3 is 28.4 Å². The summed E-state index contributed by atoms with van der Waals surface area (Å²) in [7, 11) is 2.74. The molecule has 8 atom stereocenters. The fourth-order valence-corrected chi connectivity index (χ4v) is 11.0. The quantitative estimate of drug-likeness (QED) is 0.0347. The predicted octanol–water partition coefficient (Wildman–Crippen LogP) is 12.3. The second kappa shape index (κ2) is 33.7.